The number of thiocarbonyl (C=S) groups is 1. The van der Waals surface area contributed by atoms with Gasteiger partial charge in [0.2, 0.25) is 0 Å². The van der Waals surface area contributed by atoms with E-state index in [1.54, 1.807) is 12.1 Å². The molecule has 28 heavy (non-hydrogen) atoms. The normalized spacial score (nSPS) is 15.8. The zero-order chi connectivity index (χ0) is 20.3. The zero-order valence-corrected chi connectivity index (χ0v) is 16.9. The summed E-state index contributed by atoms with van der Waals surface area (Å²) in [5.41, 5.74) is 0.726. The maximum atomic E-state index is 12.7. The maximum Gasteiger partial charge on any atom is 0.303 e. The van der Waals surface area contributed by atoms with Crippen molar-refractivity contribution < 1.29 is 23.9 Å². The van der Waals surface area contributed by atoms with Crippen molar-refractivity contribution >= 4 is 57.1 Å². The van der Waals surface area contributed by atoms with Crippen LogP contribution in [0.4, 0.5) is 0 Å². The molecule has 1 saturated heterocycles. The van der Waals surface area contributed by atoms with Crippen molar-refractivity contribution in [3.63, 3.8) is 0 Å². The largest absolute Gasteiger partial charge is 0.481 e. The standard InChI is InChI=1S/C19H15BrN2O5S/c20-12-5-3-11(4-6-12)15-8-7-13(27-15)10-14-17(25)21-19(28)22(18(14)26)9-1-2-16(23)24/h3-8,10H,1-2,9H2,(H,23,24)(H,21,25,28). The summed E-state index contributed by atoms with van der Waals surface area (Å²) in [4.78, 5) is 36.7. The molecule has 0 bridgehead atoms. The lowest BCUT2D eigenvalue weighted by atomic mass is 10.1. The Hall–Kier alpha value is -2.78. The molecule has 9 heteroatoms. The number of carbonyl (C=O) groups excluding carboxylic acids is 2. The molecule has 1 aliphatic heterocycles. The minimum Gasteiger partial charge on any atom is -0.481 e. The highest BCUT2D eigenvalue weighted by atomic mass is 79.9. The molecule has 1 fully saturated rings. The lowest BCUT2D eigenvalue weighted by molar-refractivity contribution is -0.137. The van der Waals surface area contributed by atoms with Gasteiger partial charge in [-0.3, -0.25) is 24.6 Å². The Balaban J connectivity index is 1.81. The molecule has 3 rings (SSSR count). The number of carboxylic acid groups (broad SMARTS) is 1. The van der Waals surface area contributed by atoms with Crippen molar-refractivity contribution in [1.82, 2.24) is 10.2 Å². The van der Waals surface area contributed by atoms with Crippen molar-refractivity contribution in [2.24, 2.45) is 0 Å². The number of halogens is 1. The van der Waals surface area contributed by atoms with Gasteiger partial charge in [0.1, 0.15) is 17.1 Å². The van der Waals surface area contributed by atoms with Crippen molar-refractivity contribution in [2.45, 2.75) is 12.8 Å². The van der Waals surface area contributed by atoms with Gasteiger partial charge in [-0.2, -0.15) is 0 Å². The highest BCUT2D eigenvalue weighted by molar-refractivity contribution is 9.10. The van der Waals surface area contributed by atoms with E-state index in [0.29, 0.717) is 11.5 Å². The molecular weight excluding hydrogens is 448 g/mol. The molecular formula is C19H15BrN2O5S. The SMILES string of the molecule is O=C(O)CCCN1C(=O)C(=Cc2ccc(-c3ccc(Br)cc3)o2)C(=O)NC1=S. The van der Waals surface area contributed by atoms with Crippen LogP contribution >= 0.6 is 28.1 Å². The highest BCUT2D eigenvalue weighted by Gasteiger charge is 2.33. The molecule has 0 aliphatic carbocycles. The Morgan fingerprint density at radius 2 is 1.93 bits per heavy atom. The molecule has 2 amide bonds. The Labute approximate surface area is 174 Å². The molecule has 0 saturated carbocycles. The van der Waals surface area contributed by atoms with Crippen LogP contribution in [-0.4, -0.2) is 39.4 Å². The first-order chi connectivity index (χ1) is 13.3. The summed E-state index contributed by atoms with van der Waals surface area (Å²) in [6.07, 6.45) is 1.47. The first-order valence-electron chi connectivity index (χ1n) is 8.31. The third-order valence-electron chi connectivity index (χ3n) is 4.00. The monoisotopic (exact) mass is 462 g/mol. The Bertz CT molecular complexity index is 980. The van der Waals surface area contributed by atoms with Gasteiger partial charge >= 0.3 is 5.97 Å². The average Bonchev–Trinajstić information content (AvgIpc) is 3.10. The van der Waals surface area contributed by atoms with Crippen LogP contribution in [0.5, 0.6) is 0 Å². The van der Waals surface area contributed by atoms with Crippen molar-refractivity contribution in [1.29, 1.82) is 0 Å². The number of nitrogens with one attached hydrogen (secondary N) is 1. The zero-order valence-electron chi connectivity index (χ0n) is 14.5. The lowest BCUT2D eigenvalue weighted by Crippen LogP contribution is -2.54. The second-order valence-electron chi connectivity index (χ2n) is 5.98. The quantitative estimate of drug-likeness (QED) is 0.388. The van der Waals surface area contributed by atoms with Crippen LogP contribution in [0.1, 0.15) is 18.6 Å². The predicted molar refractivity (Wildman–Crippen MR) is 109 cm³/mol. The molecule has 0 radical (unpaired) electrons. The van der Waals surface area contributed by atoms with Crippen LogP contribution in [0.3, 0.4) is 0 Å². The van der Waals surface area contributed by atoms with Gasteiger partial charge in [0.25, 0.3) is 11.8 Å². The Morgan fingerprint density at radius 3 is 2.61 bits per heavy atom. The van der Waals surface area contributed by atoms with E-state index in [1.165, 1.54) is 11.0 Å². The van der Waals surface area contributed by atoms with E-state index < -0.39 is 17.8 Å². The fourth-order valence-corrected chi connectivity index (χ4v) is 3.16. The highest BCUT2D eigenvalue weighted by Crippen LogP contribution is 2.25. The average molecular weight is 463 g/mol. The van der Waals surface area contributed by atoms with Gasteiger partial charge in [-0.1, -0.05) is 28.1 Å². The predicted octanol–water partition coefficient (Wildman–Crippen LogP) is 3.20. The van der Waals surface area contributed by atoms with Crippen molar-refractivity contribution in [3.05, 3.63) is 52.2 Å². The van der Waals surface area contributed by atoms with Crippen LogP contribution in [0.25, 0.3) is 17.4 Å². The fraction of sp³-hybridized carbons (Fsp3) is 0.158. The van der Waals surface area contributed by atoms with E-state index in [4.69, 9.17) is 21.7 Å². The first kappa shape index (κ1) is 20.0. The molecule has 2 heterocycles. The number of carboxylic acids is 1. The minimum absolute atomic E-state index is 0.0347. The smallest absolute Gasteiger partial charge is 0.303 e. The molecule has 1 aromatic heterocycles. The summed E-state index contributed by atoms with van der Waals surface area (Å²) >= 11 is 8.40. The van der Waals surface area contributed by atoms with Crippen LogP contribution in [0.2, 0.25) is 0 Å². The number of hydrogen-bond acceptors (Lipinski definition) is 5. The number of furan rings is 1. The molecule has 1 aliphatic rings. The molecule has 2 N–H and O–H groups in total. The molecule has 1 aromatic carbocycles. The van der Waals surface area contributed by atoms with Crippen LogP contribution in [0, 0.1) is 0 Å². The van der Waals surface area contributed by atoms with Crippen molar-refractivity contribution in [3.8, 4) is 11.3 Å². The van der Waals surface area contributed by atoms with Gasteiger partial charge < -0.3 is 9.52 Å². The van der Waals surface area contributed by atoms with Crippen LogP contribution < -0.4 is 5.32 Å². The second kappa shape index (κ2) is 8.49. The summed E-state index contributed by atoms with van der Waals surface area (Å²) in [6, 6.07) is 10.9. The summed E-state index contributed by atoms with van der Waals surface area (Å²) in [5.74, 6) is -1.23. The van der Waals surface area contributed by atoms with Crippen LogP contribution in [-0.2, 0) is 14.4 Å². The van der Waals surface area contributed by atoms with Crippen molar-refractivity contribution in [2.75, 3.05) is 6.54 Å². The van der Waals surface area contributed by atoms with E-state index in [1.807, 2.05) is 24.3 Å². The Morgan fingerprint density at radius 1 is 1.21 bits per heavy atom. The number of hydrogen-bond donors (Lipinski definition) is 2. The lowest BCUT2D eigenvalue weighted by Gasteiger charge is -2.28. The molecule has 0 spiro atoms. The minimum atomic E-state index is -0.966. The van der Waals surface area contributed by atoms with Gasteiger partial charge in [0, 0.05) is 23.0 Å². The van der Waals surface area contributed by atoms with Gasteiger partial charge in [0.05, 0.1) is 0 Å². The molecule has 0 atom stereocenters. The molecule has 2 aromatic rings. The molecule has 144 valence electrons. The molecule has 7 nitrogen and oxygen atoms in total. The summed E-state index contributed by atoms with van der Waals surface area (Å²) in [7, 11) is 0. The van der Waals surface area contributed by atoms with E-state index in [0.717, 1.165) is 10.0 Å². The first-order valence-corrected chi connectivity index (χ1v) is 9.51. The van der Waals surface area contributed by atoms with Gasteiger partial charge in [0.15, 0.2) is 5.11 Å². The topological polar surface area (TPSA) is 99.8 Å². The maximum absolute atomic E-state index is 12.7. The van der Waals surface area contributed by atoms with Gasteiger partial charge in [-0.15, -0.1) is 0 Å². The van der Waals surface area contributed by atoms with Gasteiger partial charge in [-0.05, 0) is 49.0 Å². The Kier molecular flexibility index (Phi) is 6.05. The molecule has 0 unspecified atom stereocenters. The van der Waals surface area contributed by atoms with E-state index in [-0.39, 0.29) is 30.1 Å². The van der Waals surface area contributed by atoms with E-state index >= 15 is 0 Å². The number of nitrogens with zero attached hydrogens (tertiary/aromatic N) is 1. The number of benzene rings is 1. The summed E-state index contributed by atoms with van der Waals surface area (Å²) in [5, 5.41) is 11.2. The van der Waals surface area contributed by atoms with Gasteiger partial charge in [-0.25, -0.2) is 0 Å². The number of carbonyl (C=O) groups is 3. The fourth-order valence-electron chi connectivity index (χ4n) is 2.63. The van der Waals surface area contributed by atoms with E-state index in [2.05, 4.69) is 21.2 Å². The summed E-state index contributed by atoms with van der Waals surface area (Å²) < 4.78 is 6.67. The number of rotatable bonds is 6. The third-order valence-corrected chi connectivity index (χ3v) is 4.85. The second-order valence-corrected chi connectivity index (χ2v) is 7.28. The van der Waals surface area contributed by atoms with E-state index in [9.17, 15) is 14.4 Å². The number of aliphatic carboxylic acids is 1. The van der Waals surface area contributed by atoms with Crippen LogP contribution in [0.15, 0.2) is 50.9 Å². The third kappa shape index (κ3) is 4.55. The number of amides is 2. The summed E-state index contributed by atoms with van der Waals surface area (Å²) in [6.45, 7) is 0.101.